The van der Waals surface area contributed by atoms with Gasteiger partial charge in [0.15, 0.2) is 0 Å². The van der Waals surface area contributed by atoms with Gasteiger partial charge < -0.3 is 0 Å². The summed E-state index contributed by atoms with van der Waals surface area (Å²) in [4.78, 5) is -0.307. The summed E-state index contributed by atoms with van der Waals surface area (Å²) in [7, 11) is -4.18. The highest BCUT2D eigenvalue weighted by atomic mass is 35.5. The molecule has 5 heteroatoms. The van der Waals surface area contributed by atoms with Crippen LogP contribution in [0.2, 0.25) is 5.02 Å². The molecule has 0 aromatic heterocycles. The molecule has 0 heterocycles. The van der Waals surface area contributed by atoms with E-state index in [0.717, 1.165) is 6.07 Å². The predicted molar refractivity (Wildman–Crippen MR) is 44.8 cm³/mol. The van der Waals surface area contributed by atoms with E-state index in [1.165, 1.54) is 6.07 Å². The summed E-state index contributed by atoms with van der Waals surface area (Å²) in [5.74, 6) is 0. The Morgan fingerprint density at radius 1 is 1.58 bits per heavy atom. The molecule has 0 saturated heterocycles. The number of aryl methyl sites for hydroxylation is 1. The van der Waals surface area contributed by atoms with Gasteiger partial charge in [0.2, 0.25) is 0 Å². The van der Waals surface area contributed by atoms with Crippen molar-refractivity contribution in [2.24, 2.45) is 0 Å². The first-order chi connectivity index (χ1) is 5.41. The third-order valence-electron chi connectivity index (χ3n) is 1.34. The molecule has 1 aromatic carbocycles. The molecule has 65 valence electrons. The van der Waals surface area contributed by atoms with Crippen molar-refractivity contribution >= 4 is 21.7 Å². The molecule has 3 nitrogen and oxygen atoms in total. The van der Waals surface area contributed by atoms with Crippen LogP contribution in [0.4, 0.5) is 0 Å². The summed E-state index contributed by atoms with van der Waals surface area (Å²) in [5, 5.41) is 0.293. The molecule has 0 atom stereocenters. The lowest BCUT2D eigenvalue weighted by atomic mass is 10.2. The number of halogens is 1. The molecule has 0 amide bonds. The van der Waals surface area contributed by atoms with Gasteiger partial charge in [-0.2, -0.15) is 8.42 Å². The van der Waals surface area contributed by atoms with Crippen molar-refractivity contribution in [2.45, 2.75) is 11.8 Å². The SMILES string of the molecule is Cc1c[c]c(S(=O)(=O)O)cc1Cl. The second kappa shape index (κ2) is 3.05. The summed E-state index contributed by atoms with van der Waals surface area (Å²) >= 11 is 5.62. The highest BCUT2D eigenvalue weighted by molar-refractivity contribution is 7.85. The van der Waals surface area contributed by atoms with Crippen molar-refractivity contribution in [1.29, 1.82) is 0 Å². The molecule has 0 aliphatic heterocycles. The first-order valence-corrected chi connectivity index (χ1v) is 4.88. The van der Waals surface area contributed by atoms with Gasteiger partial charge in [0.05, 0.1) is 0 Å². The molecular formula is C7H6ClO3S. The number of hydrogen-bond donors (Lipinski definition) is 1. The third-order valence-corrected chi connectivity index (χ3v) is 2.54. The van der Waals surface area contributed by atoms with E-state index in [1.54, 1.807) is 6.92 Å². The minimum Gasteiger partial charge on any atom is -0.282 e. The van der Waals surface area contributed by atoms with E-state index in [4.69, 9.17) is 16.2 Å². The van der Waals surface area contributed by atoms with Gasteiger partial charge in [-0.1, -0.05) is 11.6 Å². The van der Waals surface area contributed by atoms with Crippen LogP contribution in [0.3, 0.4) is 0 Å². The normalized spacial score (nSPS) is 11.6. The second-order valence-corrected chi connectivity index (χ2v) is 4.10. The fourth-order valence-electron chi connectivity index (χ4n) is 0.668. The standard InChI is InChI=1S/C7H6ClO3S/c1-5-2-3-6(4-7(5)8)12(9,10)11/h2,4H,1H3,(H,9,10,11). The fraction of sp³-hybridized carbons (Fsp3) is 0.143. The van der Waals surface area contributed by atoms with Gasteiger partial charge in [-0.25, -0.2) is 0 Å². The van der Waals surface area contributed by atoms with Gasteiger partial charge >= 0.3 is 0 Å². The topological polar surface area (TPSA) is 54.4 Å². The maximum Gasteiger partial charge on any atom is 0.295 e. The van der Waals surface area contributed by atoms with Crippen molar-refractivity contribution in [2.75, 3.05) is 0 Å². The maximum atomic E-state index is 10.6. The zero-order valence-corrected chi connectivity index (χ0v) is 7.78. The van der Waals surface area contributed by atoms with Crippen molar-refractivity contribution in [3.8, 4) is 0 Å². The Bertz CT molecular complexity index is 397. The second-order valence-electron chi connectivity index (χ2n) is 2.30. The summed E-state index contributed by atoms with van der Waals surface area (Å²) in [6, 6.07) is 4.96. The van der Waals surface area contributed by atoms with E-state index in [9.17, 15) is 8.42 Å². The molecular weight excluding hydrogens is 200 g/mol. The van der Waals surface area contributed by atoms with Crippen molar-refractivity contribution in [1.82, 2.24) is 0 Å². The largest absolute Gasteiger partial charge is 0.295 e. The predicted octanol–water partition coefficient (Wildman–Crippen LogP) is 1.70. The van der Waals surface area contributed by atoms with E-state index in [2.05, 4.69) is 6.07 Å². The Morgan fingerprint density at radius 2 is 2.17 bits per heavy atom. The van der Waals surface area contributed by atoms with E-state index in [0.29, 0.717) is 10.6 Å². The summed E-state index contributed by atoms with van der Waals surface area (Å²) < 4.78 is 29.7. The van der Waals surface area contributed by atoms with Crippen LogP contribution in [-0.4, -0.2) is 13.0 Å². The molecule has 1 N–H and O–H groups in total. The van der Waals surface area contributed by atoms with Crippen LogP contribution in [-0.2, 0) is 10.1 Å². The fourth-order valence-corrected chi connectivity index (χ4v) is 1.37. The minimum absolute atomic E-state index is 0.293. The number of rotatable bonds is 1. The summed E-state index contributed by atoms with van der Waals surface area (Å²) in [5.41, 5.74) is 0.712. The van der Waals surface area contributed by atoms with E-state index >= 15 is 0 Å². The molecule has 0 bridgehead atoms. The number of hydrogen-bond acceptors (Lipinski definition) is 2. The molecule has 0 fully saturated rings. The minimum atomic E-state index is -4.18. The molecule has 0 unspecified atom stereocenters. The third kappa shape index (κ3) is 1.97. The van der Waals surface area contributed by atoms with Crippen LogP contribution >= 0.6 is 11.6 Å². The Balaban J connectivity index is 3.33. The highest BCUT2D eigenvalue weighted by Crippen LogP contribution is 2.18. The van der Waals surface area contributed by atoms with Gasteiger partial charge in [0.25, 0.3) is 10.1 Å². The summed E-state index contributed by atoms with van der Waals surface area (Å²) in [6.45, 7) is 1.71. The van der Waals surface area contributed by atoms with Crippen LogP contribution in [0, 0.1) is 13.0 Å². The van der Waals surface area contributed by atoms with Crippen LogP contribution < -0.4 is 0 Å². The monoisotopic (exact) mass is 205 g/mol. The molecule has 0 saturated carbocycles. The smallest absolute Gasteiger partial charge is 0.282 e. The van der Waals surface area contributed by atoms with Crippen LogP contribution in [0.25, 0.3) is 0 Å². The maximum absolute atomic E-state index is 10.6. The molecule has 12 heavy (non-hydrogen) atoms. The van der Waals surface area contributed by atoms with E-state index in [-0.39, 0.29) is 4.90 Å². The lowest BCUT2D eigenvalue weighted by molar-refractivity contribution is 0.483. The first-order valence-electron chi connectivity index (χ1n) is 3.06. The van der Waals surface area contributed by atoms with Crippen molar-refractivity contribution in [3.05, 3.63) is 28.8 Å². The lowest BCUT2D eigenvalue weighted by Crippen LogP contribution is -1.98. The Morgan fingerprint density at radius 3 is 2.58 bits per heavy atom. The number of benzene rings is 1. The Kier molecular flexibility index (Phi) is 2.41. The van der Waals surface area contributed by atoms with Gasteiger partial charge in [-0.3, -0.25) is 4.55 Å². The molecule has 1 rings (SSSR count). The van der Waals surface area contributed by atoms with Gasteiger partial charge in [0.1, 0.15) is 4.90 Å². The van der Waals surface area contributed by atoms with Crippen molar-refractivity contribution in [3.63, 3.8) is 0 Å². The van der Waals surface area contributed by atoms with Gasteiger partial charge in [0, 0.05) is 11.1 Å². The van der Waals surface area contributed by atoms with Crippen LogP contribution in [0.5, 0.6) is 0 Å². The average Bonchev–Trinajstić information content (AvgIpc) is 1.92. The Labute approximate surface area is 75.7 Å². The van der Waals surface area contributed by atoms with Gasteiger partial charge in [-0.05, 0) is 24.6 Å². The van der Waals surface area contributed by atoms with Gasteiger partial charge in [-0.15, -0.1) is 0 Å². The van der Waals surface area contributed by atoms with Crippen LogP contribution in [0.1, 0.15) is 5.56 Å². The van der Waals surface area contributed by atoms with E-state index in [1.807, 2.05) is 0 Å². The zero-order chi connectivity index (χ0) is 9.35. The van der Waals surface area contributed by atoms with E-state index < -0.39 is 10.1 Å². The molecule has 1 aromatic rings. The quantitative estimate of drug-likeness (QED) is 0.710. The van der Waals surface area contributed by atoms with Crippen molar-refractivity contribution < 1.29 is 13.0 Å². The highest BCUT2D eigenvalue weighted by Gasteiger charge is 2.10. The van der Waals surface area contributed by atoms with Crippen LogP contribution in [0.15, 0.2) is 17.0 Å². The first kappa shape index (κ1) is 9.51. The lowest BCUT2D eigenvalue weighted by Gasteiger charge is -1.99. The summed E-state index contributed by atoms with van der Waals surface area (Å²) in [6.07, 6.45) is 0. The molecule has 0 aliphatic carbocycles. The molecule has 1 radical (unpaired) electrons. The zero-order valence-electron chi connectivity index (χ0n) is 6.20. The molecule has 0 aliphatic rings. The Hall–Kier alpha value is -0.580. The average molecular weight is 206 g/mol. The molecule has 0 spiro atoms.